The second-order valence-electron chi connectivity index (χ2n) is 5.40. The summed E-state index contributed by atoms with van der Waals surface area (Å²) in [6.45, 7) is 3.84. The molecule has 0 spiro atoms. The molecule has 1 aromatic carbocycles. The first-order valence-corrected chi connectivity index (χ1v) is 8.72. The predicted molar refractivity (Wildman–Crippen MR) is 88.4 cm³/mol. The van der Waals surface area contributed by atoms with E-state index in [1.807, 2.05) is 23.9 Å². The minimum absolute atomic E-state index is 0.396. The second kappa shape index (κ2) is 5.45. The van der Waals surface area contributed by atoms with E-state index in [0.29, 0.717) is 4.75 Å². The molecule has 0 atom stereocenters. The van der Waals surface area contributed by atoms with E-state index in [9.17, 15) is 0 Å². The number of ether oxygens (including phenoxy) is 1. The third-order valence-corrected chi connectivity index (χ3v) is 5.65. The number of H-pyrrole nitrogens is 1. The van der Waals surface area contributed by atoms with Crippen LogP contribution in [0.4, 0.5) is 0 Å². The first kappa shape index (κ1) is 14.0. The molecule has 20 heavy (non-hydrogen) atoms. The normalized spacial score (nSPS) is 16.5. The van der Waals surface area contributed by atoms with Crippen LogP contribution in [0.25, 0.3) is 11.0 Å². The van der Waals surface area contributed by atoms with Crippen molar-refractivity contribution < 1.29 is 4.74 Å². The first-order chi connectivity index (χ1) is 9.69. The maximum atomic E-state index is 5.81. The molecular weight excluding hydrogens is 288 g/mol. The molecule has 1 heterocycles. The van der Waals surface area contributed by atoms with Gasteiger partial charge in [-0.1, -0.05) is 13.0 Å². The van der Waals surface area contributed by atoms with Gasteiger partial charge in [0, 0.05) is 11.3 Å². The average molecular weight is 308 g/mol. The van der Waals surface area contributed by atoms with Gasteiger partial charge in [-0.05, 0) is 49.9 Å². The van der Waals surface area contributed by atoms with Gasteiger partial charge < -0.3 is 14.3 Å². The van der Waals surface area contributed by atoms with Gasteiger partial charge in [0.2, 0.25) is 0 Å². The van der Waals surface area contributed by atoms with Crippen molar-refractivity contribution in [1.29, 1.82) is 0 Å². The number of benzene rings is 1. The smallest absolute Gasteiger partial charge is 0.178 e. The molecule has 0 radical (unpaired) electrons. The van der Waals surface area contributed by atoms with Gasteiger partial charge in [0.15, 0.2) is 4.77 Å². The first-order valence-electron chi connectivity index (χ1n) is 7.08. The van der Waals surface area contributed by atoms with Gasteiger partial charge >= 0.3 is 0 Å². The Balaban J connectivity index is 2.01. The molecule has 1 fully saturated rings. The molecule has 2 aromatic rings. The minimum Gasteiger partial charge on any atom is -0.491 e. The van der Waals surface area contributed by atoms with Crippen molar-refractivity contribution in [2.75, 3.05) is 12.9 Å². The third kappa shape index (κ3) is 2.49. The summed E-state index contributed by atoms with van der Waals surface area (Å²) in [6, 6.07) is 6.18. The molecule has 1 aliphatic rings. The van der Waals surface area contributed by atoms with Crippen molar-refractivity contribution in [1.82, 2.24) is 9.55 Å². The number of para-hydroxylation sites is 1. The molecule has 1 aliphatic carbocycles. The number of fused-ring (bicyclic) bond motifs is 1. The number of aromatic amines is 1. The van der Waals surface area contributed by atoms with E-state index in [1.165, 1.54) is 12.8 Å². The highest BCUT2D eigenvalue weighted by molar-refractivity contribution is 8.00. The lowest BCUT2D eigenvalue weighted by atomic mass is 10.3. The fourth-order valence-corrected chi connectivity index (χ4v) is 3.53. The van der Waals surface area contributed by atoms with Crippen molar-refractivity contribution in [2.24, 2.45) is 0 Å². The molecule has 0 aliphatic heterocycles. The average Bonchev–Trinajstić information content (AvgIpc) is 3.17. The maximum absolute atomic E-state index is 5.81. The molecule has 1 saturated carbocycles. The van der Waals surface area contributed by atoms with Crippen LogP contribution < -0.4 is 4.74 Å². The number of aromatic nitrogens is 2. The monoisotopic (exact) mass is 308 g/mol. The number of nitrogens with zero attached hydrogens (tertiary/aromatic N) is 1. The van der Waals surface area contributed by atoms with Crippen LogP contribution in [0.2, 0.25) is 0 Å². The minimum atomic E-state index is 0.396. The van der Waals surface area contributed by atoms with Crippen LogP contribution in [0.3, 0.4) is 0 Å². The molecular formula is C15H20N2OS2. The number of hydrogen-bond acceptors (Lipinski definition) is 3. The Labute approximate surface area is 128 Å². The van der Waals surface area contributed by atoms with E-state index >= 15 is 0 Å². The second-order valence-corrected chi connectivity index (χ2v) is 7.06. The van der Waals surface area contributed by atoms with E-state index in [0.717, 1.165) is 41.1 Å². The highest BCUT2D eigenvalue weighted by Gasteiger charge is 2.42. The molecule has 5 heteroatoms. The molecule has 0 unspecified atom stereocenters. The zero-order valence-electron chi connectivity index (χ0n) is 11.9. The van der Waals surface area contributed by atoms with Gasteiger partial charge in [-0.2, -0.15) is 11.8 Å². The van der Waals surface area contributed by atoms with Crippen LogP contribution in [0.15, 0.2) is 18.2 Å². The van der Waals surface area contributed by atoms with Gasteiger partial charge in [-0.15, -0.1) is 0 Å². The predicted octanol–water partition coefficient (Wildman–Crippen LogP) is 4.38. The zero-order chi connectivity index (χ0) is 14.2. The number of hydrogen-bond donors (Lipinski definition) is 1. The summed E-state index contributed by atoms with van der Waals surface area (Å²) in [4.78, 5) is 3.32. The Bertz CT molecular complexity index is 670. The van der Waals surface area contributed by atoms with Gasteiger partial charge in [0.25, 0.3) is 0 Å². The third-order valence-electron chi connectivity index (χ3n) is 3.92. The molecule has 1 N–H and O–H groups in total. The molecule has 0 amide bonds. The van der Waals surface area contributed by atoms with Gasteiger partial charge in [0.05, 0.1) is 12.1 Å². The Morgan fingerprint density at radius 3 is 2.90 bits per heavy atom. The number of imidazole rings is 1. The summed E-state index contributed by atoms with van der Waals surface area (Å²) in [5.41, 5.74) is 2.19. The van der Waals surface area contributed by atoms with Crippen molar-refractivity contribution >= 4 is 35.0 Å². The summed E-state index contributed by atoms with van der Waals surface area (Å²) >= 11 is 7.47. The Morgan fingerprint density at radius 2 is 2.25 bits per heavy atom. The molecule has 0 bridgehead atoms. The van der Waals surface area contributed by atoms with Crippen molar-refractivity contribution in [3.05, 3.63) is 23.0 Å². The Hall–Kier alpha value is -0.940. The fraction of sp³-hybridized carbons (Fsp3) is 0.533. The van der Waals surface area contributed by atoms with E-state index in [-0.39, 0.29) is 0 Å². The maximum Gasteiger partial charge on any atom is 0.178 e. The number of thioether (sulfide) groups is 1. The van der Waals surface area contributed by atoms with Gasteiger partial charge in [-0.25, -0.2) is 0 Å². The number of rotatable bonds is 6. The van der Waals surface area contributed by atoms with E-state index in [1.54, 1.807) is 0 Å². The SMILES string of the molecule is CCCOc1cccc2c1[nH]c(=S)n2CC1(SC)CC1. The summed E-state index contributed by atoms with van der Waals surface area (Å²) < 4.78 is 9.24. The summed E-state index contributed by atoms with van der Waals surface area (Å²) in [7, 11) is 0. The van der Waals surface area contributed by atoms with Crippen molar-refractivity contribution in [3.8, 4) is 5.75 Å². The van der Waals surface area contributed by atoms with E-state index < -0.39 is 0 Å². The van der Waals surface area contributed by atoms with Gasteiger partial charge in [-0.3, -0.25) is 0 Å². The lowest BCUT2D eigenvalue weighted by Crippen LogP contribution is -2.13. The van der Waals surface area contributed by atoms with E-state index in [2.05, 4.69) is 28.8 Å². The van der Waals surface area contributed by atoms with Gasteiger partial charge in [0.1, 0.15) is 11.3 Å². The van der Waals surface area contributed by atoms with Crippen LogP contribution >= 0.6 is 24.0 Å². The Kier molecular flexibility index (Phi) is 3.82. The molecule has 3 rings (SSSR count). The van der Waals surface area contributed by atoms with Crippen LogP contribution in [0.5, 0.6) is 5.75 Å². The molecule has 1 aromatic heterocycles. The summed E-state index contributed by atoms with van der Waals surface area (Å²) in [6.07, 6.45) is 5.78. The molecule has 108 valence electrons. The summed E-state index contributed by atoms with van der Waals surface area (Å²) in [5.74, 6) is 0.906. The Morgan fingerprint density at radius 1 is 1.45 bits per heavy atom. The molecule has 3 nitrogen and oxygen atoms in total. The standard InChI is InChI=1S/C15H20N2OS2/c1-3-9-18-12-6-4-5-11-13(12)16-14(19)17(11)10-15(20-2)7-8-15/h4-6H,3,7-10H2,1-2H3,(H,16,19). The van der Waals surface area contributed by atoms with Crippen molar-refractivity contribution in [3.63, 3.8) is 0 Å². The zero-order valence-corrected chi connectivity index (χ0v) is 13.6. The highest BCUT2D eigenvalue weighted by atomic mass is 32.2. The topological polar surface area (TPSA) is 29.9 Å². The number of nitrogens with one attached hydrogen (secondary N) is 1. The fourth-order valence-electron chi connectivity index (χ4n) is 2.50. The van der Waals surface area contributed by atoms with Crippen LogP contribution in [0.1, 0.15) is 26.2 Å². The lowest BCUT2D eigenvalue weighted by molar-refractivity contribution is 0.320. The summed E-state index contributed by atoms with van der Waals surface area (Å²) in [5, 5.41) is 0. The van der Waals surface area contributed by atoms with Crippen molar-refractivity contribution in [2.45, 2.75) is 37.5 Å². The largest absolute Gasteiger partial charge is 0.491 e. The highest BCUT2D eigenvalue weighted by Crippen LogP contribution is 2.49. The van der Waals surface area contributed by atoms with Crippen LogP contribution in [-0.4, -0.2) is 27.2 Å². The van der Waals surface area contributed by atoms with Crippen LogP contribution in [-0.2, 0) is 6.54 Å². The van der Waals surface area contributed by atoms with E-state index in [4.69, 9.17) is 17.0 Å². The molecule has 0 saturated heterocycles. The van der Waals surface area contributed by atoms with Crippen LogP contribution in [0, 0.1) is 4.77 Å². The lowest BCUT2D eigenvalue weighted by Gasteiger charge is -2.13. The quantitative estimate of drug-likeness (QED) is 0.803.